The maximum atomic E-state index is 6.03. The predicted molar refractivity (Wildman–Crippen MR) is 213 cm³/mol. The molecule has 6 aromatic rings. The van der Waals surface area contributed by atoms with Crippen LogP contribution < -0.4 is 10.1 Å². The number of unbranched alkanes of at least 4 members (excludes halogenated alkanes) is 1. The Labute approximate surface area is 299 Å². The zero-order valence-electron chi connectivity index (χ0n) is 29.8. The number of benzene rings is 6. The van der Waals surface area contributed by atoms with Gasteiger partial charge < -0.3 is 10.1 Å². The van der Waals surface area contributed by atoms with E-state index in [2.05, 4.69) is 166 Å². The van der Waals surface area contributed by atoms with Crippen LogP contribution in [0.2, 0.25) is 0 Å². The summed E-state index contributed by atoms with van der Waals surface area (Å²) in [5.74, 6) is 0.918. The first-order valence-electron chi connectivity index (χ1n) is 18.5. The van der Waals surface area contributed by atoms with Gasteiger partial charge in [-0.2, -0.15) is 0 Å². The summed E-state index contributed by atoms with van der Waals surface area (Å²) in [6.45, 7) is 7.69. The third kappa shape index (κ3) is 7.71. The van der Waals surface area contributed by atoms with E-state index in [1.165, 1.54) is 62.9 Å². The summed E-state index contributed by atoms with van der Waals surface area (Å²) in [5, 5.41) is 3.54. The second-order valence-corrected chi connectivity index (χ2v) is 14.1. The van der Waals surface area contributed by atoms with Crippen LogP contribution >= 0.6 is 0 Å². The Morgan fingerprint density at radius 2 is 1.08 bits per heavy atom. The summed E-state index contributed by atoms with van der Waals surface area (Å²) in [4.78, 5) is 0. The highest BCUT2D eigenvalue weighted by Gasteiger charge is 2.22. The highest BCUT2D eigenvalue weighted by Crippen LogP contribution is 2.34. The first-order valence-corrected chi connectivity index (χ1v) is 18.5. The van der Waals surface area contributed by atoms with Crippen LogP contribution in [0.4, 0.5) is 11.4 Å². The smallest absolute Gasteiger partial charge is 0.119 e. The molecule has 0 aliphatic heterocycles. The van der Waals surface area contributed by atoms with Gasteiger partial charge >= 0.3 is 0 Å². The maximum absolute atomic E-state index is 6.03. The summed E-state index contributed by atoms with van der Waals surface area (Å²) < 4.78 is 6.03. The normalized spacial score (nSPS) is 12.2. The topological polar surface area (TPSA) is 21.3 Å². The van der Waals surface area contributed by atoms with Gasteiger partial charge in [0, 0.05) is 11.4 Å². The second kappa shape index (κ2) is 15.2. The molecule has 6 aromatic carbocycles. The predicted octanol–water partition coefficient (Wildman–Crippen LogP) is 13.0. The second-order valence-electron chi connectivity index (χ2n) is 14.1. The van der Waals surface area contributed by atoms with E-state index < -0.39 is 0 Å². The zero-order valence-corrected chi connectivity index (χ0v) is 29.8. The number of ether oxygens (including phenoxy) is 1. The third-order valence-electron chi connectivity index (χ3n) is 11.0. The van der Waals surface area contributed by atoms with Gasteiger partial charge in [0.05, 0.1) is 6.61 Å². The molecule has 1 N–H and O–H groups in total. The molecule has 0 saturated heterocycles. The van der Waals surface area contributed by atoms with Gasteiger partial charge in [-0.3, -0.25) is 0 Å². The van der Waals surface area contributed by atoms with Gasteiger partial charge in [0.15, 0.2) is 0 Å². The number of rotatable bonds is 14. The van der Waals surface area contributed by atoms with Crippen LogP contribution in [-0.2, 0) is 24.7 Å². The molecule has 0 fully saturated rings. The van der Waals surface area contributed by atoms with Crippen LogP contribution in [0, 0.1) is 0 Å². The lowest BCUT2D eigenvalue weighted by Crippen LogP contribution is -2.19. The molecule has 1 aliphatic rings. The van der Waals surface area contributed by atoms with Crippen molar-refractivity contribution >= 4 is 11.4 Å². The number of fused-ring (bicyclic) bond motifs is 1. The third-order valence-corrected chi connectivity index (χ3v) is 11.0. The van der Waals surface area contributed by atoms with E-state index in [-0.39, 0.29) is 5.41 Å². The summed E-state index contributed by atoms with van der Waals surface area (Å²) >= 11 is 0. The highest BCUT2D eigenvalue weighted by molar-refractivity contribution is 5.77. The van der Waals surface area contributed by atoms with Gasteiger partial charge in [0.1, 0.15) is 5.75 Å². The van der Waals surface area contributed by atoms with Crippen LogP contribution in [0.5, 0.6) is 5.75 Å². The van der Waals surface area contributed by atoms with Crippen molar-refractivity contribution in [3.8, 4) is 39.1 Å². The molecule has 0 spiro atoms. The molecule has 0 aromatic heterocycles. The van der Waals surface area contributed by atoms with Gasteiger partial charge in [-0.1, -0.05) is 112 Å². The average Bonchev–Trinajstić information content (AvgIpc) is 3.16. The Bertz CT molecular complexity index is 2020. The fourth-order valence-electron chi connectivity index (χ4n) is 7.05. The highest BCUT2D eigenvalue weighted by atomic mass is 16.5. The number of hydrogen-bond donors (Lipinski definition) is 1. The SMILES string of the molecule is CCC(C)(CC)c1ccc(-c2cccc(-c3cccc(-c4ccc(Nc5ccc(OCCCCc6ccc7c(c6)CC7)cc5)cc4)c3)c2)cc1. The molecule has 1 aliphatic carbocycles. The van der Waals surface area contributed by atoms with Crippen LogP contribution in [0.15, 0.2) is 140 Å². The largest absolute Gasteiger partial charge is 0.494 e. The van der Waals surface area contributed by atoms with Crippen molar-refractivity contribution in [2.75, 3.05) is 11.9 Å². The van der Waals surface area contributed by atoms with E-state index in [9.17, 15) is 0 Å². The number of aryl methyl sites for hydroxylation is 3. The van der Waals surface area contributed by atoms with Crippen molar-refractivity contribution in [1.29, 1.82) is 0 Å². The molecule has 7 rings (SSSR count). The molecule has 0 amide bonds. The fourth-order valence-corrected chi connectivity index (χ4v) is 7.05. The Hall–Kier alpha value is -5.08. The molecule has 2 heteroatoms. The molecule has 50 heavy (non-hydrogen) atoms. The summed E-state index contributed by atoms with van der Waals surface area (Å²) in [7, 11) is 0. The summed E-state index contributed by atoms with van der Waals surface area (Å²) in [6, 6.07) is 50.9. The Kier molecular flexibility index (Phi) is 10.2. The minimum atomic E-state index is 0.235. The van der Waals surface area contributed by atoms with Gasteiger partial charge in [0.25, 0.3) is 0 Å². The quantitative estimate of drug-likeness (QED) is 0.118. The lowest BCUT2D eigenvalue weighted by molar-refractivity contribution is 0.307. The fraction of sp³-hybridized carbons (Fsp3) is 0.250. The molecule has 2 nitrogen and oxygen atoms in total. The van der Waals surface area contributed by atoms with Crippen molar-refractivity contribution in [2.24, 2.45) is 0 Å². The van der Waals surface area contributed by atoms with Crippen LogP contribution in [-0.4, -0.2) is 6.61 Å². The molecule has 0 atom stereocenters. The summed E-state index contributed by atoms with van der Waals surface area (Å²) in [5.41, 5.74) is 15.7. The first kappa shape index (κ1) is 33.4. The monoisotopic (exact) mass is 655 g/mol. The first-order chi connectivity index (χ1) is 24.5. The van der Waals surface area contributed by atoms with Crippen molar-refractivity contribution in [3.05, 3.63) is 162 Å². The minimum Gasteiger partial charge on any atom is -0.494 e. The number of nitrogens with one attached hydrogen (secondary N) is 1. The van der Waals surface area contributed by atoms with Gasteiger partial charge in [0.2, 0.25) is 0 Å². The lowest BCUT2D eigenvalue weighted by atomic mass is 9.77. The lowest BCUT2D eigenvalue weighted by Gasteiger charge is -2.27. The minimum absolute atomic E-state index is 0.235. The molecular formula is C48H49NO. The molecular weight excluding hydrogens is 607 g/mol. The van der Waals surface area contributed by atoms with E-state index >= 15 is 0 Å². The maximum Gasteiger partial charge on any atom is 0.119 e. The Morgan fingerprint density at radius 3 is 1.62 bits per heavy atom. The van der Waals surface area contributed by atoms with Crippen molar-refractivity contribution in [3.63, 3.8) is 0 Å². The number of hydrogen-bond acceptors (Lipinski definition) is 2. The van der Waals surface area contributed by atoms with Crippen LogP contribution in [0.3, 0.4) is 0 Å². The Morgan fingerprint density at radius 1 is 0.540 bits per heavy atom. The van der Waals surface area contributed by atoms with Gasteiger partial charge in [-0.15, -0.1) is 0 Å². The molecule has 0 saturated carbocycles. The number of anilines is 2. The molecule has 0 radical (unpaired) electrons. The molecule has 0 unspecified atom stereocenters. The molecule has 0 bridgehead atoms. The van der Waals surface area contributed by atoms with Gasteiger partial charge in [-0.05, 0) is 155 Å². The van der Waals surface area contributed by atoms with Crippen LogP contribution in [0.1, 0.15) is 68.7 Å². The molecule has 0 heterocycles. The van der Waals surface area contributed by atoms with E-state index in [0.717, 1.165) is 55.8 Å². The van der Waals surface area contributed by atoms with Crippen molar-refractivity contribution in [1.82, 2.24) is 0 Å². The van der Waals surface area contributed by atoms with Crippen molar-refractivity contribution < 1.29 is 4.74 Å². The van der Waals surface area contributed by atoms with E-state index in [4.69, 9.17) is 4.74 Å². The van der Waals surface area contributed by atoms with Crippen molar-refractivity contribution in [2.45, 2.75) is 71.1 Å². The van der Waals surface area contributed by atoms with E-state index in [1.807, 2.05) is 0 Å². The summed E-state index contributed by atoms with van der Waals surface area (Å²) in [6.07, 6.45) is 8.14. The standard InChI is InChI=1S/C48H49NO/c1-4-48(3,5-2)44-23-19-37(20-24-44)39-11-8-13-41(33-39)42-14-9-12-40(34-42)38-21-25-45(26-22-38)49-46-27-29-47(30-28-46)50-31-7-6-10-35-15-16-36-17-18-43(36)32-35/h8-9,11-16,19-30,32-34,49H,4-7,10,17-18,31H2,1-3H3. The molecule has 252 valence electrons. The van der Waals surface area contributed by atoms with E-state index in [0.29, 0.717) is 0 Å². The van der Waals surface area contributed by atoms with Gasteiger partial charge in [-0.25, -0.2) is 0 Å². The average molecular weight is 656 g/mol. The Balaban J connectivity index is 0.931. The van der Waals surface area contributed by atoms with E-state index in [1.54, 1.807) is 5.56 Å². The van der Waals surface area contributed by atoms with Crippen LogP contribution in [0.25, 0.3) is 33.4 Å². The zero-order chi connectivity index (χ0) is 34.3.